The zero-order chi connectivity index (χ0) is 18.0. The van der Waals surface area contributed by atoms with Crippen LogP contribution in [0.2, 0.25) is 0 Å². The Bertz CT molecular complexity index is 504. The van der Waals surface area contributed by atoms with E-state index in [0.29, 0.717) is 17.5 Å². The molecule has 10 heteroatoms. The smallest absolute Gasteiger partial charge is 0.357 e. The van der Waals surface area contributed by atoms with Crippen molar-refractivity contribution in [1.29, 1.82) is 0 Å². The number of halogens is 4. The first-order chi connectivity index (χ1) is 11.4. The van der Waals surface area contributed by atoms with Crippen LogP contribution in [-0.4, -0.2) is 48.6 Å². The molecule has 0 spiro atoms. The molecule has 1 aromatic heterocycles. The first-order valence-electron chi connectivity index (χ1n) is 8.16. The van der Waals surface area contributed by atoms with Crippen molar-refractivity contribution < 1.29 is 13.2 Å². The fraction of sp³-hybridized carbons (Fsp3) is 0.733. The van der Waals surface area contributed by atoms with E-state index in [1.165, 1.54) is 0 Å². The van der Waals surface area contributed by atoms with Crippen molar-refractivity contribution in [3.8, 4) is 0 Å². The van der Waals surface area contributed by atoms with Gasteiger partial charge in [-0.15, -0.1) is 35.3 Å². The first kappa shape index (κ1) is 24.4. The molecule has 0 aliphatic heterocycles. The van der Waals surface area contributed by atoms with Crippen molar-refractivity contribution >= 4 is 41.3 Å². The predicted octanol–water partition coefficient (Wildman–Crippen LogP) is 3.57. The highest BCUT2D eigenvalue weighted by molar-refractivity contribution is 14.0. The number of aliphatic imine (C=N–C) groups is 1. The molecular formula is C15H27F3IN5S. The largest absolute Gasteiger partial charge is 0.434 e. The van der Waals surface area contributed by atoms with Crippen LogP contribution in [0.5, 0.6) is 0 Å². The van der Waals surface area contributed by atoms with Crippen molar-refractivity contribution in [3.05, 3.63) is 16.1 Å². The highest BCUT2D eigenvalue weighted by atomic mass is 127. The lowest BCUT2D eigenvalue weighted by atomic mass is 10.3. The standard InChI is InChI=1S/C15H26F3N5S.HI/c1-4-19-14(20-8-7-9-23(5-2)6-3)21-10-13-22-12(11-24-13)15(16,17)18;/h11H,4-10H2,1-3H3,(H2,19,20,21);1H. The van der Waals surface area contributed by atoms with Gasteiger partial charge in [0, 0.05) is 18.5 Å². The third kappa shape index (κ3) is 9.59. The van der Waals surface area contributed by atoms with E-state index in [1.54, 1.807) is 0 Å². The summed E-state index contributed by atoms with van der Waals surface area (Å²) in [7, 11) is 0. The van der Waals surface area contributed by atoms with E-state index in [9.17, 15) is 13.2 Å². The van der Waals surface area contributed by atoms with Gasteiger partial charge in [0.25, 0.3) is 0 Å². The Balaban J connectivity index is 0.00000576. The second-order valence-corrected chi connectivity index (χ2v) is 6.07. The number of alkyl halides is 3. The number of guanidine groups is 1. The molecule has 2 N–H and O–H groups in total. The molecule has 0 atom stereocenters. The topological polar surface area (TPSA) is 52.6 Å². The van der Waals surface area contributed by atoms with Gasteiger partial charge in [0.1, 0.15) is 5.01 Å². The summed E-state index contributed by atoms with van der Waals surface area (Å²) in [4.78, 5) is 10.2. The molecule has 0 radical (unpaired) electrons. The summed E-state index contributed by atoms with van der Waals surface area (Å²) in [6.45, 7) is 10.8. The second kappa shape index (κ2) is 12.7. The molecule has 0 amide bonds. The minimum absolute atomic E-state index is 0. The first-order valence-corrected chi connectivity index (χ1v) is 9.04. The predicted molar refractivity (Wildman–Crippen MR) is 108 cm³/mol. The van der Waals surface area contributed by atoms with Crippen molar-refractivity contribution in [1.82, 2.24) is 20.5 Å². The van der Waals surface area contributed by atoms with Crippen LogP contribution in [0.25, 0.3) is 0 Å². The zero-order valence-electron chi connectivity index (χ0n) is 14.8. The van der Waals surface area contributed by atoms with Gasteiger partial charge in [-0.3, -0.25) is 0 Å². The Morgan fingerprint density at radius 1 is 1.24 bits per heavy atom. The minimum Gasteiger partial charge on any atom is -0.357 e. The molecule has 5 nitrogen and oxygen atoms in total. The maximum atomic E-state index is 12.5. The van der Waals surface area contributed by atoms with Crippen LogP contribution in [0, 0.1) is 0 Å². The number of hydrogen-bond donors (Lipinski definition) is 2. The molecule has 0 aliphatic carbocycles. The maximum Gasteiger partial charge on any atom is 0.434 e. The van der Waals surface area contributed by atoms with Gasteiger partial charge in [0.2, 0.25) is 0 Å². The molecule has 0 saturated heterocycles. The summed E-state index contributed by atoms with van der Waals surface area (Å²) < 4.78 is 37.6. The molecule has 0 aromatic carbocycles. The number of aromatic nitrogens is 1. The van der Waals surface area contributed by atoms with Gasteiger partial charge in [-0.1, -0.05) is 13.8 Å². The lowest BCUT2D eigenvalue weighted by Gasteiger charge is -2.18. The third-order valence-corrected chi connectivity index (χ3v) is 4.23. The summed E-state index contributed by atoms with van der Waals surface area (Å²) in [6, 6.07) is 0. The quantitative estimate of drug-likeness (QED) is 0.239. The Hall–Kier alpha value is -0.620. The van der Waals surface area contributed by atoms with E-state index >= 15 is 0 Å². The summed E-state index contributed by atoms with van der Waals surface area (Å²) in [5, 5.41) is 7.66. The molecule has 0 fully saturated rings. The average Bonchev–Trinajstić information content (AvgIpc) is 3.02. The molecule has 0 aliphatic rings. The number of thiazole rings is 1. The molecule has 0 bridgehead atoms. The van der Waals surface area contributed by atoms with Gasteiger partial charge in [-0.2, -0.15) is 13.2 Å². The third-order valence-electron chi connectivity index (χ3n) is 3.40. The normalized spacial score (nSPS) is 12.2. The van der Waals surface area contributed by atoms with Gasteiger partial charge in [-0.25, -0.2) is 9.98 Å². The number of nitrogens with one attached hydrogen (secondary N) is 2. The molecular weight excluding hydrogens is 466 g/mol. The Kier molecular flexibility index (Phi) is 12.4. The molecule has 1 heterocycles. The number of nitrogens with zero attached hydrogens (tertiary/aromatic N) is 3. The molecule has 25 heavy (non-hydrogen) atoms. The van der Waals surface area contributed by atoms with Gasteiger partial charge < -0.3 is 15.5 Å². The van der Waals surface area contributed by atoms with E-state index in [4.69, 9.17) is 0 Å². The molecule has 146 valence electrons. The van der Waals surface area contributed by atoms with Gasteiger partial charge in [0.05, 0.1) is 6.54 Å². The highest BCUT2D eigenvalue weighted by Crippen LogP contribution is 2.30. The van der Waals surface area contributed by atoms with Crippen molar-refractivity contribution in [2.24, 2.45) is 4.99 Å². The van der Waals surface area contributed by atoms with E-state index in [-0.39, 0.29) is 30.5 Å². The average molecular weight is 493 g/mol. The lowest BCUT2D eigenvalue weighted by Crippen LogP contribution is -2.38. The molecule has 0 saturated carbocycles. The van der Waals surface area contributed by atoms with Crippen LogP contribution < -0.4 is 10.6 Å². The summed E-state index contributed by atoms with van der Waals surface area (Å²) in [6.07, 6.45) is -3.42. The van der Waals surface area contributed by atoms with E-state index in [2.05, 4.69) is 39.4 Å². The van der Waals surface area contributed by atoms with Gasteiger partial charge in [-0.05, 0) is 33.0 Å². The monoisotopic (exact) mass is 493 g/mol. The van der Waals surface area contributed by atoms with Crippen molar-refractivity contribution in [3.63, 3.8) is 0 Å². The lowest BCUT2D eigenvalue weighted by molar-refractivity contribution is -0.140. The molecule has 1 rings (SSSR count). The number of hydrogen-bond acceptors (Lipinski definition) is 4. The molecule has 0 unspecified atom stereocenters. The van der Waals surface area contributed by atoms with Gasteiger partial charge >= 0.3 is 6.18 Å². The highest BCUT2D eigenvalue weighted by Gasteiger charge is 2.33. The van der Waals surface area contributed by atoms with Crippen LogP contribution in [0.1, 0.15) is 37.9 Å². The zero-order valence-corrected chi connectivity index (χ0v) is 18.0. The maximum absolute atomic E-state index is 12.5. The Morgan fingerprint density at radius 3 is 2.44 bits per heavy atom. The Labute approximate surface area is 168 Å². The second-order valence-electron chi connectivity index (χ2n) is 5.13. The van der Waals surface area contributed by atoms with Crippen LogP contribution in [-0.2, 0) is 12.7 Å². The van der Waals surface area contributed by atoms with Crippen molar-refractivity contribution in [2.45, 2.75) is 39.9 Å². The summed E-state index contributed by atoms with van der Waals surface area (Å²) in [5.74, 6) is 0.598. The van der Waals surface area contributed by atoms with Crippen molar-refractivity contribution in [2.75, 3.05) is 32.7 Å². The van der Waals surface area contributed by atoms with Crippen LogP contribution in [0.3, 0.4) is 0 Å². The SMILES string of the molecule is CCNC(=NCc1nc(C(F)(F)F)cs1)NCCCN(CC)CC.I. The van der Waals surface area contributed by atoms with Crippen LogP contribution in [0.4, 0.5) is 13.2 Å². The van der Waals surface area contributed by atoms with E-state index in [1.807, 2.05) is 6.92 Å². The fourth-order valence-corrected chi connectivity index (χ4v) is 2.78. The summed E-state index contributed by atoms with van der Waals surface area (Å²) in [5.41, 5.74) is -0.852. The summed E-state index contributed by atoms with van der Waals surface area (Å²) >= 11 is 0.974. The fourth-order valence-electron chi connectivity index (χ4n) is 2.05. The van der Waals surface area contributed by atoms with Crippen LogP contribution in [0.15, 0.2) is 10.4 Å². The number of rotatable bonds is 9. The van der Waals surface area contributed by atoms with E-state index in [0.717, 1.165) is 49.3 Å². The minimum atomic E-state index is -4.40. The Morgan fingerprint density at radius 2 is 1.92 bits per heavy atom. The van der Waals surface area contributed by atoms with Gasteiger partial charge in [0.15, 0.2) is 11.7 Å². The van der Waals surface area contributed by atoms with E-state index < -0.39 is 11.9 Å². The van der Waals surface area contributed by atoms with Crippen LogP contribution >= 0.6 is 35.3 Å². The molecule has 1 aromatic rings.